The minimum atomic E-state index is -4.69. The van der Waals surface area contributed by atoms with E-state index in [0.29, 0.717) is 51.9 Å². The summed E-state index contributed by atoms with van der Waals surface area (Å²) in [6, 6.07) is 23.8. The zero-order chi connectivity index (χ0) is 44.2. The van der Waals surface area contributed by atoms with Gasteiger partial charge in [0.2, 0.25) is 0 Å². The second-order valence-electron chi connectivity index (χ2n) is 16.0. The molecule has 3 aromatic carbocycles. The number of rotatable bonds is 12. The third-order valence-corrected chi connectivity index (χ3v) is 11.8. The van der Waals surface area contributed by atoms with Crippen LogP contribution in [0.1, 0.15) is 16.8 Å². The minimum absolute atomic E-state index is 0.0800. The van der Waals surface area contributed by atoms with Gasteiger partial charge in [-0.15, -0.1) is 0 Å². The highest BCUT2D eigenvalue weighted by molar-refractivity contribution is 5.97. The first-order valence-electron chi connectivity index (χ1n) is 21.1. The number of alkyl halides is 3. The number of nitrogens with one attached hydrogen (secondary N) is 3. The highest BCUT2D eigenvalue weighted by Crippen LogP contribution is 2.36. The molecule has 2 amide bonds. The molecule has 5 N–H and O–H groups in total. The van der Waals surface area contributed by atoms with Crippen LogP contribution in [0, 0.1) is 0 Å². The molecular formula is C47H46F3N9O5. The van der Waals surface area contributed by atoms with Crippen LogP contribution < -0.4 is 15.4 Å². The predicted molar refractivity (Wildman–Crippen MR) is 234 cm³/mol. The van der Waals surface area contributed by atoms with Crippen LogP contribution in [0.4, 0.5) is 23.8 Å². The van der Waals surface area contributed by atoms with Gasteiger partial charge in [0.15, 0.2) is 5.69 Å². The molecule has 2 aliphatic heterocycles. The first kappa shape index (κ1) is 42.6. The molecule has 2 aliphatic rings. The molecule has 0 aliphatic carbocycles. The number of aliphatic hydroxyl groups is 2. The number of aromatic amines is 1. The van der Waals surface area contributed by atoms with E-state index in [-0.39, 0.29) is 25.0 Å². The number of carbonyl (C=O) groups excluding carboxylic acids is 1. The summed E-state index contributed by atoms with van der Waals surface area (Å²) < 4.78 is 51.5. The lowest BCUT2D eigenvalue weighted by Crippen LogP contribution is -2.59. The van der Waals surface area contributed by atoms with Crippen LogP contribution in [-0.4, -0.2) is 121 Å². The number of nitrogens with zero attached hydrogens (tertiary/aromatic N) is 6. The normalized spacial score (nSPS) is 19.5. The maximum Gasteiger partial charge on any atom is 0.434 e. The molecule has 0 bridgehead atoms. The van der Waals surface area contributed by atoms with Crippen molar-refractivity contribution in [2.75, 3.05) is 51.3 Å². The number of ether oxygens (including phenoxy) is 2. The van der Waals surface area contributed by atoms with E-state index in [4.69, 9.17) is 9.47 Å². The molecule has 6 heterocycles. The smallest absolute Gasteiger partial charge is 0.434 e. The number of hydrogen-bond donors (Lipinski definition) is 5. The SMILES string of the molecule is O=C(NC[C@H]1OC[C@H](Nc2cncc(C(F)(F)F)n2)[C@@H](O)[C@H]1O)N1CCN(Cc2ccc(-c3c[nH]c4ccncc34)c(OCCc3ccc(-c4cccc5ccncc45)cc3)c2)CC1. The third kappa shape index (κ3) is 9.47. The summed E-state index contributed by atoms with van der Waals surface area (Å²) in [6.07, 6.45) is 3.23. The maximum atomic E-state index is 13.2. The number of pyridine rings is 2. The number of aliphatic hydroxyl groups excluding tert-OH is 2. The second kappa shape index (κ2) is 18.6. The van der Waals surface area contributed by atoms with E-state index >= 15 is 0 Å². The summed E-state index contributed by atoms with van der Waals surface area (Å²) in [7, 11) is 0. The van der Waals surface area contributed by atoms with Crippen LogP contribution in [0.2, 0.25) is 0 Å². The molecule has 64 heavy (non-hydrogen) atoms. The van der Waals surface area contributed by atoms with Crippen LogP contribution in [0.3, 0.4) is 0 Å². The van der Waals surface area contributed by atoms with Crippen molar-refractivity contribution in [3.8, 4) is 28.0 Å². The summed E-state index contributed by atoms with van der Waals surface area (Å²) in [4.78, 5) is 36.3. The maximum absolute atomic E-state index is 13.2. The van der Waals surface area contributed by atoms with Crippen molar-refractivity contribution >= 4 is 33.5 Å². The van der Waals surface area contributed by atoms with Gasteiger partial charge in [-0.25, -0.2) is 9.78 Å². The fourth-order valence-electron chi connectivity index (χ4n) is 8.31. The van der Waals surface area contributed by atoms with E-state index in [1.54, 1.807) is 11.1 Å². The van der Waals surface area contributed by atoms with Gasteiger partial charge < -0.3 is 40.2 Å². The van der Waals surface area contributed by atoms with E-state index in [0.717, 1.165) is 67.0 Å². The summed E-state index contributed by atoms with van der Waals surface area (Å²) in [5.41, 5.74) is 6.25. The second-order valence-corrected chi connectivity index (χ2v) is 16.0. The molecule has 2 fully saturated rings. The van der Waals surface area contributed by atoms with Gasteiger partial charge in [0, 0.05) is 104 Å². The third-order valence-electron chi connectivity index (χ3n) is 11.8. The summed E-state index contributed by atoms with van der Waals surface area (Å²) in [5, 5.41) is 30.2. The van der Waals surface area contributed by atoms with Crippen LogP contribution in [0.5, 0.6) is 5.75 Å². The number of urea groups is 1. The lowest BCUT2D eigenvalue weighted by Gasteiger charge is -2.39. The van der Waals surface area contributed by atoms with Gasteiger partial charge in [0.1, 0.15) is 29.9 Å². The number of fused-ring (bicyclic) bond motifs is 2. The number of amides is 2. The largest absolute Gasteiger partial charge is 0.493 e. The van der Waals surface area contributed by atoms with Gasteiger partial charge in [0.05, 0.1) is 31.6 Å². The highest BCUT2D eigenvalue weighted by Gasteiger charge is 2.40. The minimum Gasteiger partial charge on any atom is -0.493 e. The topological polar surface area (TPSA) is 174 Å². The van der Waals surface area contributed by atoms with E-state index in [1.165, 1.54) is 0 Å². The highest BCUT2D eigenvalue weighted by atomic mass is 19.4. The Morgan fingerprint density at radius 3 is 2.44 bits per heavy atom. The molecule has 0 unspecified atom stereocenters. The summed E-state index contributed by atoms with van der Waals surface area (Å²) >= 11 is 0. The molecule has 9 rings (SSSR count). The Balaban J connectivity index is 0.791. The van der Waals surface area contributed by atoms with Crippen LogP contribution in [-0.2, 0) is 23.9 Å². The molecule has 0 radical (unpaired) electrons. The van der Waals surface area contributed by atoms with Gasteiger partial charge in [0.25, 0.3) is 0 Å². The zero-order valence-electron chi connectivity index (χ0n) is 34.6. The van der Waals surface area contributed by atoms with Crippen molar-refractivity contribution in [1.82, 2.24) is 40.0 Å². The number of piperazine rings is 1. The Hall–Kier alpha value is -6.66. The molecule has 14 nitrogen and oxygen atoms in total. The van der Waals surface area contributed by atoms with Crippen molar-refractivity contribution < 1.29 is 37.7 Å². The van der Waals surface area contributed by atoms with E-state index in [1.807, 2.05) is 36.9 Å². The van der Waals surface area contributed by atoms with Crippen molar-refractivity contribution in [3.63, 3.8) is 0 Å². The van der Waals surface area contributed by atoms with Gasteiger partial charge in [-0.1, -0.05) is 54.6 Å². The standard InChI is InChI=1S/C47H46F3N9O5/c48-47(49,50)42-25-53-26-43(57-42)56-39-28-64-41(45(61)44(39)60)24-55-46(62)59-17-15-58(16-18-59)27-30-6-9-34(36-23-54-38-11-14-52-22-37(36)38)40(20-30)63-19-12-29-4-7-32(8-5-29)33-3-1-2-31-10-13-51-21-35(31)33/h1-11,13-14,20-23,25-26,39,41,44-45,54,60-61H,12,15-19,24,27-28H2,(H,55,62)(H,56,57)/t39-,41+,44+,45-/m0/s1. The molecule has 17 heteroatoms. The quantitative estimate of drug-likeness (QED) is 0.0933. The fourth-order valence-corrected chi connectivity index (χ4v) is 8.31. The van der Waals surface area contributed by atoms with Gasteiger partial charge in [-0.05, 0) is 45.8 Å². The first-order valence-corrected chi connectivity index (χ1v) is 21.1. The predicted octanol–water partition coefficient (Wildman–Crippen LogP) is 6.30. The lowest BCUT2D eigenvalue weighted by molar-refractivity contribution is -0.141. The molecule has 0 saturated carbocycles. The molecule has 4 atom stereocenters. The van der Waals surface area contributed by atoms with Gasteiger partial charge in [-0.3, -0.25) is 19.9 Å². The molecule has 7 aromatic rings. The number of hydrogen-bond acceptors (Lipinski definition) is 11. The van der Waals surface area contributed by atoms with Crippen molar-refractivity contribution in [2.45, 2.75) is 43.5 Å². The molecule has 0 spiro atoms. The Morgan fingerprint density at radius 2 is 1.62 bits per heavy atom. The Kier molecular flexibility index (Phi) is 12.4. The number of aromatic nitrogens is 5. The van der Waals surface area contributed by atoms with Crippen LogP contribution in [0.25, 0.3) is 43.9 Å². The van der Waals surface area contributed by atoms with Crippen molar-refractivity contribution in [2.24, 2.45) is 0 Å². The molecule has 2 saturated heterocycles. The zero-order valence-corrected chi connectivity index (χ0v) is 34.6. The lowest BCUT2D eigenvalue weighted by atomic mass is 9.98. The fraction of sp³-hybridized carbons (Fsp3) is 0.298. The molecule has 330 valence electrons. The number of anilines is 1. The Labute approximate surface area is 366 Å². The van der Waals surface area contributed by atoms with Crippen molar-refractivity contribution in [3.05, 3.63) is 133 Å². The van der Waals surface area contributed by atoms with Gasteiger partial charge in [-0.2, -0.15) is 13.2 Å². The first-order chi connectivity index (χ1) is 31.1. The van der Waals surface area contributed by atoms with Crippen LogP contribution >= 0.6 is 0 Å². The van der Waals surface area contributed by atoms with Gasteiger partial charge >= 0.3 is 12.2 Å². The summed E-state index contributed by atoms with van der Waals surface area (Å²) in [5.74, 6) is 0.545. The Morgan fingerprint density at radius 1 is 0.844 bits per heavy atom. The van der Waals surface area contributed by atoms with Crippen LogP contribution in [0.15, 0.2) is 116 Å². The average Bonchev–Trinajstić information content (AvgIpc) is 3.74. The number of benzene rings is 3. The van der Waals surface area contributed by atoms with E-state index in [2.05, 4.69) is 101 Å². The van der Waals surface area contributed by atoms with Crippen molar-refractivity contribution in [1.29, 1.82) is 0 Å². The number of H-pyrrole nitrogens is 1. The number of halogens is 3. The Bertz CT molecular complexity index is 2720. The monoisotopic (exact) mass is 873 g/mol. The number of carbonyl (C=O) groups is 1. The summed E-state index contributed by atoms with van der Waals surface area (Å²) in [6.45, 7) is 3.06. The van der Waals surface area contributed by atoms with E-state index < -0.39 is 36.2 Å². The average molecular weight is 874 g/mol. The molecule has 4 aromatic heterocycles. The molecular weight excluding hydrogens is 828 g/mol. The van der Waals surface area contributed by atoms with E-state index in [9.17, 15) is 28.2 Å².